The maximum Gasteiger partial charge on any atom is 0.470 e. The molecule has 0 bridgehead atoms. The Balaban J connectivity index is 2.39. The van der Waals surface area contributed by atoms with Crippen molar-refractivity contribution in [1.29, 1.82) is 0 Å². The highest BCUT2D eigenvalue weighted by Gasteiger charge is 2.20. The van der Waals surface area contributed by atoms with Gasteiger partial charge in [-0.2, -0.15) is 0 Å². The number of hydrogen-bond acceptors (Lipinski definition) is 3. The number of carbonyl (C=O) groups is 1. The summed E-state index contributed by atoms with van der Waals surface area (Å²) in [5.74, 6) is -0.652. The summed E-state index contributed by atoms with van der Waals surface area (Å²) in [5, 5.41) is 0. The Morgan fingerprint density at radius 2 is 2.21 bits per heavy atom. The lowest BCUT2D eigenvalue weighted by molar-refractivity contribution is -0.123. The van der Waals surface area contributed by atoms with Gasteiger partial charge in [0, 0.05) is 5.92 Å². The number of phosphoric ester groups is 1. The molecule has 1 rings (SSSR count). The summed E-state index contributed by atoms with van der Waals surface area (Å²) < 4.78 is 14.4. The zero-order valence-electron chi connectivity index (χ0n) is 7.37. The summed E-state index contributed by atoms with van der Waals surface area (Å²) in [4.78, 5) is 28.0. The topological polar surface area (TPSA) is 83.8 Å². The van der Waals surface area contributed by atoms with Gasteiger partial charge in [0.2, 0.25) is 0 Å². The van der Waals surface area contributed by atoms with Gasteiger partial charge in [-0.3, -0.25) is 9.32 Å². The molecule has 1 unspecified atom stereocenters. The summed E-state index contributed by atoms with van der Waals surface area (Å²) >= 11 is 0. The van der Waals surface area contributed by atoms with Crippen molar-refractivity contribution in [3.05, 3.63) is 24.3 Å². The van der Waals surface area contributed by atoms with Crippen LogP contribution in [0.3, 0.4) is 0 Å². The van der Waals surface area contributed by atoms with E-state index in [1.807, 2.05) is 12.2 Å². The van der Waals surface area contributed by atoms with Gasteiger partial charge in [0.25, 0.3) is 0 Å². The number of carbonyl (C=O) groups excluding carboxylic acids is 1. The van der Waals surface area contributed by atoms with Gasteiger partial charge in [-0.1, -0.05) is 24.3 Å². The Morgan fingerprint density at radius 1 is 1.50 bits per heavy atom. The van der Waals surface area contributed by atoms with Crippen LogP contribution in [0.15, 0.2) is 24.3 Å². The van der Waals surface area contributed by atoms with Crippen LogP contribution in [-0.4, -0.2) is 22.2 Å². The summed E-state index contributed by atoms with van der Waals surface area (Å²) in [7, 11) is -4.53. The minimum Gasteiger partial charge on any atom is -0.303 e. The maximum atomic E-state index is 11.3. The minimum absolute atomic E-state index is 0.325. The highest BCUT2D eigenvalue weighted by Crippen LogP contribution is 2.35. The third-order valence-electron chi connectivity index (χ3n) is 1.77. The van der Waals surface area contributed by atoms with Crippen molar-refractivity contribution in [2.45, 2.75) is 6.42 Å². The Hall–Kier alpha value is -0.740. The summed E-state index contributed by atoms with van der Waals surface area (Å²) in [6.07, 6.45) is 7.60. The smallest absolute Gasteiger partial charge is 0.303 e. The molecule has 14 heavy (non-hydrogen) atoms. The van der Waals surface area contributed by atoms with Gasteiger partial charge in [-0.05, 0) is 6.42 Å². The van der Waals surface area contributed by atoms with Gasteiger partial charge in [0.05, 0.1) is 0 Å². The van der Waals surface area contributed by atoms with Crippen LogP contribution in [0.4, 0.5) is 0 Å². The second-order valence-corrected chi connectivity index (χ2v) is 4.12. The molecule has 1 aliphatic rings. The maximum absolute atomic E-state index is 11.3. The standard InChI is InChI=1S/C8H11O5P/c9-8(6-13-14(10,11)12)7-4-2-1-3-5-7/h1-4,7H,5-6H2,(H2,10,11,12). The molecule has 0 heterocycles. The molecule has 1 aliphatic carbocycles. The average Bonchev–Trinajstić information content (AvgIpc) is 2.14. The first kappa shape index (κ1) is 11.3. The van der Waals surface area contributed by atoms with Crippen molar-refractivity contribution in [1.82, 2.24) is 0 Å². The normalized spacial score (nSPS) is 21.1. The molecular weight excluding hydrogens is 207 g/mol. The second-order valence-electron chi connectivity index (χ2n) is 2.89. The van der Waals surface area contributed by atoms with Gasteiger partial charge in [0.1, 0.15) is 6.61 Å². The molecule has 0 saturated heterocycles. The molecule has 78 valence electrons. The number of rotatable bonds is 4. The molecule has 0 radical (unpaired) electrons. The number of hydrogen-bond donors (Lipinski definition) is 2. The summed E-state index contributed by atoms with van der Waals surface area (Å²) in [6.45, 7) is -0.548. The Kier molecular flexibility index (Phi) is 3.77. The van der Waals surface area contributed by atoms with Gasteiger partial charge < -0.3 is 9.79 Å². The highest BCUT2D eigenvalue weighted by molar-refractivity contribution is 7.46. The lowest BCUT2D eigenvalue weighted by atomic mass is 9.97. The van der Waals surface area contributed by atoms with E-state index < -0.39 is 14.4 Å². The van der Waals surface area contributed by atoms with E-state index in [2.05, 4.69) is 4.52 Å². The molecule has 0 fully saturated rings. The SMILES string of the molecule is O=C(COP(=O)(O)O)C1C=CC=CC1. The Labute approximate surface area is 81.3 Å². The lowest BCUT2D eigenvalue weighted by Crippen LogP contribution is -2.18. The fourth-order valence-corrected chi connectivity index (χ4v) is 1.37. The van der Waals surface area contributed by atoms with E-state index in [-0.39, 0.29) is 11.7 Å². The molecule has 0 aromatic carbocycles. The number of phosphoric acid groups is 1. The number of ketones is 1. The van der Waals surface area contributed by atoms with Gasteiger partial charge in [0.15, 0.2) is 5.78 Å². The fourth-order valence-electron chi connectivity index (χ4n) is 1.07. The molecule has 1 atom stereocenters. The molecule has 0 spiro atoms. The monoisotopic (exact) mass is 218 g/mol. The van der Waals surface area contributed by atoms with Crippen LogP contribution >= 0.6 is 7.82 Å². The third kappa shape index (κ3) is 3.98. The molecular formula is C8H11O5P. The second kappa shape index (κ2) is 4.66. The number of Topliss-reactive ketones (excluding diaryl/α,β-unsaturated/α-hetero) is 1. The van der Waals surface area contributed by atoms with Crippen LogP contribution in [0.5, 0.6) is 0 Å². The van der Waals surface area contributed by atoms with Crippen molar-refractivity contribution in [3.63, 3.8) is 0 Å². The van der Waals surface area contributed by atoms with Crippen molar-refractivity contribution in [2.75, 3.05) is 6.61 Å². The molecule has 0 aromatic heterocycles. The van der Waals surface area contributed by atoms with Crippen molar-refractivity contribution in [2.24, 2.45) is 5.92 Å². The third-order valence-corrected chi connectivity index (χ3v) is 2.23. The molecule has 0 amide bonds. The van der Waals surface area contributed by atoms with Crippen molar-refractivity contribution in [3.8, 4) is 0 Å². The quantitative estimate of drug-likeness (QED) is 0.681. The van der Waals surface area contributed by atoms with E-state index in [9.17, 15) is 9.36 Å². The van der Waals surface area contributed by atoms with E-state index in [0.29, 0.717) is 6.42 Å². The van der Waals surface area contributed by atoms with Crippen molar-refractivity contribution >= 4 is 13.6 Å². The molecule has 2 N–H and O–H groups in total. The van der Waals surface area contributed by atoms with Crippen LogP contribution in [0.1, 0.15) is 6.42 Å². The predicted octanol–water partition coefficient (Wildman–Crippen LogP) is 0.797. The van der Waals surface area contributed by atoms with Crippen LogP contribution in [0.25, 0.3) is 0 Å². The lowest BCUT2D eigenvalue weighted by Gasteiger charge is -2.11. The molecule has 0 aliphatic heterocycles. The van der Waals surface area contributed by atoms with E-state index in [0.717, 1.165) is 0 Å². The minimum atomic E-state index is -4.53. The summed E-state index contributed by atoms with van der Waals surface area (Å²) in [5.41, 5.74) is 0. The zero-order valence-corrected chi connectivity index (χ0v) is 8.26. The van der Waals surface area contributed by atoms with Crippen LogP contribution in [-0.2, 0) is 13.9 Å². The fraction of sp³-hybridized carbons (Fsp3) is 0.375. The average molecular weight is 218 g/mol. The van der Waals surface area contributed by atoms with Crippen LogP contribution in [0, 0.1) is 5.92 Å². The first-order valence-corrected chi connectivity index (χ1v) is 5.58. The van der Waals surface area contributed by atoms with E-state index in [4.69, 9.17) is 9.79 Å². The zero-order chi connectivity index (χ0) is 10.6. The van der Waals surface area contributed by atoms with E-state index >= 15 is 0 Å². The van der Waals surface area contributed by atoms with Crippen LogP contribution in [0.2, 0.25) is 0 Å². The largest absolute Gasteiger partial charge is 0.470 e. The Morgan fingerprint density at radius 3 is 2.71 bits per heavy atom. The molecule has 5 nitrogen and oxygen atoms in total. The molecule has 6 heteroatoms. The predicted molar refractivity (Wildman–Crippen MR) is 49.4 cm³/mol. The Bertz CT molecular complexity index is 314. The van der Waals surface area contributed by atoms with Crippen molar-refractivity contribution < 1.29 is 23.7 Å². The first-order valence-electron chi connectivity index (χ1n) is 4.05. The van der Waals surface area contributed by atoms with Gasteiger partial charge in [-0.25, -0.2) is 4.57 Å². The van der Waals surface area contributed by atoms with Gasteiger partial charge >= 0.3 is 7.82 Å². The number of allylic oxidation sites excluding steroid dienone is 4. The van der Waals surface area contributed by atoms with Gasteiger partial charge in [-0.15, -0.1) is 0 Å². The summed E-state index contributed by atoms with van der Waals surface area (Å²) in [6, 6.07) is 0. The first-order chi connectivity index (χ1) is 6.49. The van der Waals surface area contributed by atoms with E-state index in [1.54, 1.807) is 12.2 Å². The molecule has 0 saturated carbocycles. The van der Waals surface area contributed by atoms with Crippen LogP contribution < -0.4 is 0 Å². The molecule has 0 aromatic rings. The highest BCUT2D eigenvalue weighted by atomic mass is 31.2. The van der Waals surface area contributed by atoms with E-state index in [1.165, 1.54) is 0 Å².